The molecule has 0 heterocycles. The fourth-order valence-corrected chi connectivity index (χ4v) is 2.10. The van der Waals surface area contributed by atoms with Crippen molar-refractivity contribution in [1.82, 2.24) is 5.32 Å². The Labute approximate surface area is 118 Å². The van der Waals surface area contributed by atoms with Gasteiger partial charge < -0.3 is 10.1 Å². The Bertz CT molecular complexity index is 404. The maximum absolute atomic E-state index is 12.5. The Kier molecular flexibility index (Phi) is 6.33. The quantitative estimate of drug-likeness (QED) is 0.787. The maximum Gasteiger partial charge on any atom is 0.573 e. The summed E-state index contributed by atoms with van der Waals surface area (Å²) in [4.78, 5) is 0. The van der Waals surface area contributed by atoms with Crippen molar-refractivity contribution < 1.29 is 17.9 Å². The molecule has 0 amide bonds. The fraction of sp³-hybridized carbons (Fsp3) is 0.600. The van der Waals surface area contributed by atoms with E-state index in [1.54, 1.807) is 18.2 Å². The van der Waals surface area contributed by atoms with Crippen LogP contribution in [0.5, 0.6) is 5.75 Å². The molecule has 0 aliphatic rings. The normalized spacial score (nSPS) is 13.6. The van der Waals surface area contributed by atoms with Crippen LogP contribution in [0.4, 0.5) is 13.2 Å². The zero-order valence-electron chi connectivity index (χ0n) is 12.1. The number of halogens is 3. The maximum atomic E-state index is 12.5. The first-order valence-electron chi connectivity index (χ1n) is 6.91. The molecule has 0 saturated heterocycles. The summed E-state index contributed by atoms with van der Waals surface area (Å²) in [5.74, 6) is 0.262. The lowest BCUT2D eigenvalue weighted by Gasteiger charge is -2.23. The molecule has 1 aromatic carbocycles. The summed E-state index contributed by atoms with van der Waals surface area (Å²) < 4.78 is 41.5. The van der Waals surface area contributed by atoms with Gasteiger partial charge in [-0.15, -0.1) is 13.2 Å². The summed E-state index contributed by atoms with van der Waals surface area (Å²) in [5.41, 5.74) is 0.562. The van der Waals surface area contributed by atoms with Crippen molar-refractivity contribution in [2.45, 2.75) is 46.0 Å². The molecule has 5 heteroatoms. The largest absolute Gasteiger partial charge is 0.573 e. The number of alkyl halides is 3. The lowest BCUT2D eigenvalue weighted by Crippen LogP contribution is -2.25. The molecule has 0 fully saturated rings. The SMILES string of the molecule is CCCNC(CC(C)C)c1ccccc1OC(F)(F)F. The molecule has 114 valence electrons. The predicted octanol–water partition coefficient (Wildman–Crippen LogP) is 4.67. The van der Waals surface area contributed by atoms with E-state index >= 15 is 0 Å². The smallest absolute Gasteiger partial charge is 0.405 e. The van der Waals surface area contributed by atoms with Crippen molar-refractivity contribution in [2.75, 3.05) is 6.54 Å². The van der Waals surface area contributed by atoms with Crippen molar-refractivity contribution in [3.8, 4) is 5.75 Å². The van der Waals surface area contributed by atoms with Crippen LogP contribution in [0.3, 0.4) is 0 Å². The standard InChI is InChI=1S/C15H22F3NO/c1-4-9-19-13(10-11(2)3)12-7-5-6-8-14(12)20-15(16,17)18/h5-8,11,13,19H,4,9-10H2,1-3H3. The van der Waals surface area contributed by atoms with Crippen LogP contribution in [0.1, 0.15) is 45.2 Å². The van der Waals surface area contributed by atoms with Gasteiger partial charge in [0.25, 0.3) is 0 Å². The average Bonchev–Trinajstić information content (AvgIpc) is 2.33. The highest BCUT2D eigenvalue weighted by Gasteiger charge is 2.32. The summed E-state index contributed by atoms with van der Waals surface area (Å²) in [6, 6.07) is 6.21. The van der Waals surface area contributed by atoms with Gasteiger partial charge in [-0.05, 0) is 31.4 Å². The highest BCUT2D eigenvalue weighted by atomic mass is 19.4. The van der Waals surface area contributed by atoms with Crippen LogP contribution in [0, 0.1) is 5.92 Å². The molecular formula is C15H22F3NO. The lowest BCUT2D eigenvalue weighted by molar-refractivity contribution is -0.275. The van der Waals surface area contributed by atoms with Crippen molar-refractivity contribution >= 4 is 0 Å². The molecule has 0 bridgehead atoms. The van der Waals surface area contributed by atoms with E-state index in [0.717, 1.165) is 19.4 Å². The van der Waals surface area contributed by atoms with Gasteiger partial charge in [0.2, 0.25) is 0 Å². The molecule has 0 spiro atoms. The minimum Gasteiger partial charge on any atom is -0.405 e. The number of rotatable bonds is 7. The number of nitrogens with one attached hydrogen (secondary N) is 1. The molecule has 1 N–H and O–H groups in total. The fourth-order valence-electron chi connectivity index (χ4n) is 2.10. The predicted molar refractivity (Wildman–Crippen MR) is 73.6 cm³/mol. The summed E-state index contributed by atoms with van der Waals surface area (Å²) in [6.07, 6.45) is -2.97. The van der Waals surface area contributed by atoms with Crippen LogP contribution in [0.25, 0.3) is 0 Å². The molecular weight excluding hydrogens is 267 g/mol. The number of hydrogen-bond acceptors (Lipinski definition) is 2. The van der Waals surface area contributed by atoms with Gasteiger partial charge in [0.15, 0.2) is 0 Å². The zero-order valence-corrected chi connectivity index (χ0v) is 12.1. The van der Waals surface area contributed by atoms with Crippen LogP contribution in [-0.4, -0.2) is 12.9 Å². The van der Waals surface area contributed by atoms with Crippen molar-refractivity contribution in [3.05, 3.63) is 29.8 Å². The third-order valence-electron chi connectivity index (χ3n) is 2.87. The van der Waals surface area contributed by atoms with Gasteiger partial charge in [0.1, 0.15) is 5.75 Å². The lowest BCUT2D eigenvalue weighted by atomic mass is 9.96. The van der Waals surface area contributed by atoms with E-state index in [-0.39, 0.29) is 11.8 Å². The molecule has 0 saturated carbocycles. The van der Waals surface area contributed by atoms with E-state index in [4.69, 9.17) is 0 Å². The summed E-state index contributed by atoms with van der Waals surface area (Å²) in [7, 11) is 0. The molecule has 0 aromatic heterocycles. The topological polar surface area (TPSA) is 21.3 Å². The van der Waals surface area contributed by atoms with Crippen molar-refractivity contribution in [1.29, 1.82) is 0 Å². The number of hydrogen-bond donors (Lipinski definition) is 1. The van der Waals surface area contributed by atoms with Gasteiger partial charge in [-0.3, -0.25) is 0 Å². The van der Waals surface area contributed by atoms with Crippen LogP contribution < -0.4 is 10.1 Å². The minimum atomic E-state index is -4.66. The van der Waals surface area contributed by atoms with Gasteiger partial charge in [-0.25, -0.2) is 0 Å². The van der Waals surface area contributed by atoms with E-state index in [9.17, 15) is 13.2 Å². The molecule has 0 radical (unpaired) electrons. The number of benzene rings is 1. The second kappa shape index (κ2) is 7.53. The molecule has 1 rings (SSSR count). The Balaban J connectivity index is 2.99. The Morgan fingerprint density at radius 1 is 1.20 bits per heavy atom. The summed E-state index contributed by atoms with van der Waals surface area (Å²) in [5, 5.41) is 3.30. The molecule has 20 heavy (non-hydrogen) atoms. The first-order valence-corrected chi connectivity index (χ1v) is 6.91. The second-order valence-corrected chi connectivity index (χ2v) is 5.22. The molecule has 1 aromatic rings. The first kappa shape index (κ1) is 16.8. The molecule has 0 aliphatic heterocycles. The zero-order chi connectivity index (χ0) is 15.2. The van der Waals surface area contributed by atoms with Gasteiger partial charge in [-0.2, -0.15) is 0 Å². The molecule has 2 nitrogen and oxygen atoms in total. The summed E-state index contributed by atoms with van der Waals surface area (Å²) >= 11 is 0. The van der Waals surface area contributed by atoms with Crippen LogP contribution in [0.15, 0.2) is 24.3 Å². The van der Waals surface area contributed by atoms with E-state index in [2.05, 4.69) is 10.1 Å². The Hall–Kier alpha value is -1.23. The second-order valence-electron chi connectivity index (χ2n) is 5.22. The van der Waals surface area contributed by atoms with E-state index < -0.39 is 6.36 Å². The van der Waals surface area contributed by atoms with Gasteiger partial charge in [0, 0.05) is 11.6 Å². The highest BCUT2D eigenvalue weighted by molar-refractivity contribution is 5.36. The van der Waals surface area contributed by atoms with Crippen molar-refractivity contribution in [3.63, 3.8) is 0 Å². The van der Waals surface area contributed by atoms with E-state index in [0.29, 0.717) is 11.5 Å². The number of ether oxygens (including phenoxy) is 1. The highest BCUT2D eigenvalue weighted by Crippen LogP contribution is 2.32. The Morgan fingerprint density at radius 3 is 2.40 bits per heavy atom. The molecule has 0 aliphatic carbocycles. The third-order valence-corrected chi connectivity index (χ3v) is 2.87. The third kappa shape index (κ3) is 5.82. The monoisotopic (exact) mass is 289 g/mol. The van der Waals surface area contributed by atoms with Crippen LogP contribution in [-0.2, 0) is 0 Å². The van der Waals surface area contributed by atoms with Crippen LogP contribution >= 0.6 is 0 Å². The van der Waals surface area contributed by atoms with E-state index in [1.165, 1.54) is 6.07 Å². The minimum absolute atomic E-state index is 0.116. The Morgan fingerprint density at radius 2 is 1.85 bits per heavy atom. The van der Waals surface area contributed by atoms with E-state index in [1.807, 2.05) is 20.8 Å². The van der Waals surface area contributed by atoms with Crippen molar-refractivity contribution in [2.24, 2.45) is 5.92 Å². The van der Waals surface area contributed by atoms with Gasteiger partial charge in [0.05, 0.1) is 0 Å². The number of para-hydroxylation sites is 1. The first-order chi connectivity index (χ1) is 9.33. The molecule has 1 atom stereocenters. The average molecular weight is 289 g/mol. The van der Waals surface area contributed by atoms with Gasteiger partial charge in [-0.1, -0.05) is 39.0 Å². The molecule has 1 unspecified atom stereocenters. The van der Waals surface area contributed by atoms with Crippen LogP contribution in [0.2, 0.25) is 0 Å². The summed E-state index contributed by atoms with van der Waals surface area (Å²) in [6.45, 7) is 6.89. The van der Waals surface area contributed by atoms with Gasteiger partial charge >= 0.3 is 6.36 Å².